The predicted octanol–water partition coefficient (Wildman–Crippen LogP) is 1.88. The molecular weight excluding hydrogens is 218 g/mol. The van der Waals surface area contributed by atoms with Crippen LogP contribution in [0.5, 0.6) is 0 Å². The van der Waals surface area contributed by atoms with Crippen molar-refractivity contribution in [1.82, 2.24) is 15.2 Å². The van der Waals surface area contributed by atoms with Crippen molar-refractivity contribution in [2.45, 2.75) is 26.3 Å². The van der Waals surface area contributed by atoms with Crippen molar-refractivity contribution in [3.05, 3.63) is 16.1 Å². The number of likely N-dealkylation sites (tertiary alicyclic amines) is 1. The molecule has 4 heteroatoms. The maximum atomic E-state index is 4.32. The summed E-state index contributed by atoms with van der Waals surface area (Å²) in [5, 5.41) is 4.47. The van der Waals surface area contributed by atoms with Crippen LogP contribution < -0.4 is 5.32 Å². The highest BCUT2D eigenvalue weighted by Gasteiger charge is 2.19. The van der Waals surface area contributed by atoms with Crippen molar-refractivity contribution in [3.63, 3.8) is 0 Å². The van der Waals surface area contributed by atoms with Crippen LogP contribution in [0.3, 0.4) is 0 Å². The molecule has 0 saturated carbocycles. The Morgan fingerprint density at radius 1 is 1.62 bits per heavy atom. The normalized spacial score (nSPS) is 22.5. The standard InChI is InChI=1S/C12H21N3S/c1-10-14-7-12(16-10)9-15-5-3-4-11(8-15)6-13-2/h7,11,13H,3-6,8-9H2,1-2H3. The molecule has 1 N–H and O–H groups in total. The number of aromatic nitrogens is 1. The van der Waals surface area contributed by atoms with Crippen LogP contribution in [0.2, 0.25) is 0 Å². The molecule has 0 bridgehead atoms. The molecule has 1 aliphatic rings. The number of nitrogens with one attached hydrogen (secondary N) is 1. The van der Waals surface area contributed by atoms with E-state index >= 15 is 0 Å². The van der Waals surface area contributed by atoms with Crippen molar-refractivity contribution in [3.8, 4) is 0 Å². The second-order valence-electron chi connectivity index (χ2n) is 4.65. The van der Waals surface area contributed by atoms with Crippen LogP contribution in [0.1, 0.15) is 22.7 Å². The summed E-state index contributed by atoms with van der Waals surface area (Å²) < 4.78 is 0. The van der Waals surface area contributed by atoms with Gasteiger partial charge < -0.3 is 5.32 Å². The smallest absolute Gasteiger partial charge is 0.0897 e. The molecule has 0 spiro atoms. The summed E-state index contributed by atoms with van der Waals surface area (Å²) in [6.07, 6.45) is 4.74. The number of aryl methyl sites for hydroxylation is 1. The number of hydrogen-bond donors (Lipinski definition) is 1. The first-order valence-corrected chi connectivity index (χ1v) is 6.88. The van der Waals surface area contributed by atoms with E-state index in [0.717, 1.165) is 19.0 Å². The van der Waals surface area contributed by atoms with Gasteiger partial charge in [0.1, 0.15) is 0 Å². The first-order chi connectivity index (χ1) is 7.78. The van der Waals surface area contributed by atoms with Crippen molar-refractivity contribution in [1.29, 1.82) is 0 Å². The van der Waals surface area contributed by atoms with E-state index in [4.69, 9.17) is 0 Å². The summed E-state index contributed by atoms with van der Waals surface area (Å²) in [6.45, 7) is 6.80. The fourth-order valence-corrected chi connectivity index (χ4v) is 3.29. The van der Waals surface area contributed by atoms with Crippen molar-refractivity contribution >= 4 is 11.3 Å². The van der Waals surface area contributed by atoms with E-state index in [2.05, 4.69) is 22.1 Å². The van der Waals surface area contributed by atoms with Crippen LogP contribution >= 0.6 is 11.3 Å². The van der Waals surface area contributed by atoms with Crippen LogP contribution in [0.15, 0.2) is 6.20 Å². The molecule has 1 aliphatic heterocycles. The summed E-state index contributed by atoms with van der Waals surface area (Å²) >= 11 is 1.83. The quantitative estimate of drug-likeness (QED) is 0.869. The molecule has 0 amide bonds. The fraction of sp³-hybridized carbons (Fsp3) is 0.750. The van der Waals surface area contributed by atoms with Gasteiger partial charge in [0, 0.05) is 24.2 Å². The van der Waals surface area contributed by atoms with E-state index in [1.54, 1.807) is 0 Å². The maximum absolute atomic E-state index is 4.32. The number of nitrogens with zero attached hydrogens (tertiary/aromatic N) is 2. The lowest BCUT2D eigenvalue weighted by Gasteiger charge is -2.32. The van der Waals surface area contributed by atoms with E-state index < -0.39 is 0 Å². The molecule has 1 saturated heterocycles. The molecule has 1 aromatic heterocycles. The van der Waals surface area contributed by atoms with Crippen LogP contribution in [0, 0.1) is 12.8 Å². The second-order valence-corrected chi connectivity index (χ2v) is 5.97. The topological polar surface area (TPSA) is 28.2 Å². The van der Waals surface area contributed by atoms with Crippen LogP contribution in [0.4, 0.5) is 0 Å². The van der Waals surface area contributed by atoms with Gasteiger partial charge in [0.05, 0.1) is 5.01 Å². The predicted molar refractivity (Wildman–Crippen MR) is 68.8 cm³/mol. The van der Waals surface area contributed by atoms with Gasteiger partial charge in [-0.1, -0.05) is 0 Å². The molecular formula is C12H21N3S. The molecule has 2 heterocycles. The van der Waals surface area contributed by atoms with Gasteiger partial charge in [-0.15, -0.1) is 11.3 Å². The highest BCUT2D eigenvalue weighted by atomic mass is 32.1. The Hall–Kier alpha value is -0.450. The molecule has 1 unspecified atom stereocenters. The molecule has 0 aliphatic carbocycles. The van der Waals surface area contributed by atoms with Gasteiger partial charge in [-0.2, -0.15) is 0 Å². The van der Waals surface area contributed by atoms with Gasteiger partial charge in [-0.25, -0.2) is 4.98 Å². The fourth-order valence-electron chi connectivity index (χ4n) is 2.45. The third-order valence-corrected chi connectivity index (χ3v) is 4.04. The SMILES string of the molecule is CNCC1CCCN(Cc2cnc(C)s2)C1. The summed E-state index contributed by atoms with van der Waals surface area (Å²) in [7, 11) is 2.05. The molecule has 1 atom stereocenters. The van der Waals surface area contributed by atoms with Crippen molar-refractivity contribution < 1.29 is 0 Å². The highest BCUT2D eigenvalue weighted by Crippen LogP contribution is 2.20. The Morgan fingerprint density at radius 2 is 2.50 bits per heavy atom. The second kappa shape index (κ2) is 5.75. The summed E-state index contributed by atoms with van der Waals surface area (Å²) in [4.78, 5) is 8.29. The van der Waals surface area contributed by atoms with Gasteiger partial charge >= 0.3 is 0 Å². The van der Waals surface area contributed by atoms with Crippen LogP contribution in [0.25, 0.3) is 0 Å². The zero-order chi connectivity index (χ0) is 11.4. The van der Waals surface area contributed by atoms with Gasteiger partial charge in [0.2, 0.25) is 0 Å². The Morgan fingerprint density at radius 3 is 3.19 bits per heavy atom. The van der Waals surface area contributed by atoms with E-state index in [1.807, 2.05) is 24.6 Å². The Labute approximate surface area is 102 Å². The molecule has 1 aromatic rings. The van der Waals surface area contributed by atoms with Gasteiger partial charge in [0.15, 0.2) is 0 Å². The number of piperidine rings is 1. The molecule has 0 radical (unpaired) electrons. The molecule has 90 valence electrons. The molecule has 0 aromatic carbocycles. The Bertz CT molecular complexity index is 322. The Kier molecular flexibility index (Phi) is 4.32. The minimum Gasteiger partial charge on any atom is -0.319 e. The van der Waals surface area contributed by atoms with Crippen molar-refractivity contribution in [2.24, 2.45) is 5.92 Å². The van der Waals surface area contributed by atoms with E-state index in [0.29, 0.717) is 0 Å². The minimum atomic E-state index is 0.827. The van der Waals surface area contributed by atoms with E-state index in [1.165, 1.54) is 35.8 Å². The first-order valence-electron chi connectivity index (χ1n) is 6.06. The maximum Gasteiger partial charge on any atom is 0.0897 e. The van der Waals surface area contributed by atoms with Gasteiger partial charge in [-0.3, -0.25) is 4.90 Å². The molecule has 3 nitrogen and oxygen atoms in total. The number of rotatable bonds is 4. The first kappa shape index (κ1) is 12.0. The zero-order valence-corrected chi connectivity index (χ0v) is 11.0. The average Bonchev–Trinajstić information content (AvgIpc) is 2.65. The lowest BCUT2D eigenvalue weighted by molar-refractivity contribution is 0.168. The minimum absolute atomic E-state index is 0.827. The molecule has 2 rings (SSSR count). The van der Waals surface area contributed by atoms with Gasteiger partial charge in [-0.05, 0) is 45.8 Å². The van der Waals surface area contributed by atoms with Gasteiger partial charge in [0.25, 0.3) is 0 Å². The Balaban J connectivity index is 1.85. The average molecular weight is 239 g/mol. The highest BCUT2D eigenvalue weighted by molar-refractivity contribution is 7.11. The largest absolute Gasteiger partial charge is 0.319 e. The van der Waals surface area contributed by atoms with E-state index in [-0.39, 0.29) is 0 Å². The van der Waals surface area contributed by atoms with E-state index in [9.17, 15) is 0 Å². The third kappa shape index (κ3) is 3.27. The lowest BCUT2D eigenvalue weighted by atomic mass is 9.98. The molecule has 16 heavy (non-hydrogen) atoms. The summed E-state index contributed by atoms with van der Waals surface area (Å²) in [5.74, 6) is 0.827. The number of thiazole rings is 1. The number of hydrogen-bond acceptors (Lipinski definition) is 4. The van der Waals surface area contributed by atoms with Crippen molar-refractivity contribution in [2.75, 3.05) is 26.7 Å². The van der Waals surface area contributed by atoms with Crippen LogP contribution in [-0.2, 0) is 6.54 Å². The third-order valence-electron chi connectivity index (χ3n) is 3.14. The van der Waals surface area contributed by atoms with Crippen LogP contribution in [-0.4, -0.2) is 36.6 Å². The summed E-state index contributed by atoms with van der Waals surface area (Å²) in [6, 6.07) is 0. The zero-order valence-electron chi connectivity index (χ0n) is 10.2. The lowest BCUT2D eigenvalue weighted by Crippen LogP contribution is -2.38. The summed E-state index contributed by atoms with van der Waals surface area (Å²) in [5.41, 5.74) is 0. The molecule has 1 fully saturated rings. The monoisotopic (exact) mass is 239 g/mol.